The van der Waals surface area contributed by atoms with Gasteiger partial charge < -0.3 is 33.9 Å². The molecule has 0 radical (unpaired) electrons. The molecule has 9 nitrogen and oxygen atoms in total. The van der Waals surface area contributed by atoms with E-state index >= 15 is 0 Å². The fourth-order valence-corrected chi connectivity index (χ4v) is 5.02. The van der Waals surface area contributed by atoms with Crippen LogP contribution in [0.4, 0.5) is 0 Å². The van der Waals surface area contributed by atoms with Gasteiger partial charge in [-0.15, -0.1) is 0 Å². The van der Waals surface area contributed by atoms with Crippen LogP contribution in [0.5, 0.6) is 23.0 Å². The molecule has 0 bridgehead atoms. The lowest BCUT2D eigenvalue weighted by atomic mass is 9.94. The highest BCUT2D eigenvalue weighted by molar-refractivity contribution is 6.46. The number of likely N-dealkylation sites (N-methyl/N-ethyl adjacent to an activating group) is 1. The van der Waals surface area contributed by atoms with Crippen LogP contribution in [0.1, 0.15) is 56.3 Å². The SMILES string of the molecule is CCCCOc1ccc(C([O-])=C2C(=O)C(=O)N(CC[NH+](CC)CC)C2c2cc(OC)c(OC)c(OC)c2)cc1C. The zero-order valence-corrected chi connectivity index (χ0v) is 24.7. The molecule has 1 aliphatic rings. The van der Waals surface area contributed by atoms with E-state index in [-0.39, 0.29) is 5.57 Å². The number of carbonyl (C=O) groups is 2. The summed E-state index contributed by atoms with van der Waals surface area (Å²) in [5, 5.41) is 14.0. The van der Waals surface area contributed by atoms with Crippen LogP contribution in [0.2, 0.25) is 0 Å². The largest absolute Gasteiger partial charge is 0.872 e. The summed E-state index contributed by atoms with van der Waals surface area (Å²) in [6.07, 6.45) is 1.94. The van der Waals surface area contributed by atoms with E-state index in [0.717, 1.165) is 31.5 Å². The number of aryl methyl sites for hydroxylation is 1. The number of hydrogen-bond acceptors (Lipinski definition) is 7. The Hall–Kier alpha value is -3.72. The number of quaternary nitrogens is 1. The van der Waals surface area contributed by atoms with Gasteiger partial charge in [-0.05, 0) is 68.1 Å². The molecule has 1 aliphatic heterocycles. The van der Waals surface area contributed by atoms with Gasteiger partial charge in [-0.3, -0.25) is 9.59 Å². The highest BCUT2D eigenvalue weighted by atomic mass is 16.5. The molecule has 1 unspecified atom stereocenters. The number of nitrogens with zero attached hydrogens (tertiary/aromatic N) is 1. The van der Waals surface area contributed by atoms with Crippen LogP contribution in [0.25, 0.3) is 5.76 Å². The van der Waals surface area contributed by atoms with Gasteiger partial charge >= 0.3 is 0 Å². The van der Waals surface area contributed by atoms with Crippen LogP contribution in [-0.2, 0) is 9.59 Å². The van der Waals surface area contributed by atoms with Crippen molar-refractivity contribution in [2.45, 2.75) is 46.6 Å². The molecular weight excluding hydrogens is 512 g/mol. The minimum atomic E-state index is -0.906. The third-order valence-corrected chi connectivity index (χ3v) is 7.43. The van der Waals surface area contributed by atoms with Crippen molar-refractivity contribution in [3.05, 3.63) is 52.6 Å². The van der Waals surface area contributed by atoms with Gasteiger partial charge in [0.25, 0.3) is 5.91 Å². The molecular formula is C31H42N2O7. The second-order valence-corrected chi connectivity index (χ2v) is 9.82. The first-order valence-corrected chi connectivity index (χ1v) is 13.9. The zero-order chi connectivity index (χ0) is 29.4. The number of hydrogen-bond donors (Lipinski definition) is 1. The van der Waals surface area contributed by atoms with Crippen molar-refractivity contribution in [3.8, 4) is 23.0 Å². The number of unbranched alkanes of at least 4 members (excludes halogenated alkanes) is 1. The molecule has 0 saturated carbocycles. The zero-order valence-electron chi connectivity index (χ0n) is 24.7. The molecule has 1 N–H and O–H groups in total. The van der Waals surface area contributed by atoms with Crippen molar-refractivity contribution in [2.75, 3.05) is 54.1 Å². The quantitative estimate of drug-likeness (QED) is 0.166. The van der Waals surface area contributed by atoms with E-state index in [1.807, 2.05) is 6.92 Å². The van der Waals surface area contributed by atoms with Gasteiger partial charge in [0.15, 0.2) is 11.5 Å². The number of nitrogens with one attached hydrogen (secondary N) is 1. The topological polar surface area (TPSA) is 102 Å². The fraction of sp³-hybridized carbons (Fsp3) is 0.484. The Labute approximate surface area is 237 Å². The Morgan fingerprint density at radius 3 is 2.12 bits per heavy atom. The number of likely N-dealkylation sites (tertiary alicyclic amines) is 1. The van der Waals surface area contributed by atoms with Crippen LogP contribution in [0.3, 0.4) is 0 Å². The Morgan fingerprint density at radius 2 is 1.60 bits per heavy atom. The minimum Gasteiger partial charge on any atom is -0.872 e. The van der Waals surface area contributed by atoms with Gasteiger partial charge in [-0.2, -0.15) is 0 Å². The first-order valence-electron chi connectivity index (χ1n) is 13.9. The molecule has 9 heteroatoms. The molecule has 1 saturated heterocycles. The molecule has 0 aromatic heterocycles. The Bertz CT molecular complexity index is 1210. The lowest BCUT2D eigenvalue weighted by molar-refractivity contribution is -0.895. The third-order valence-electron chi connectivity index (χ3n) is 7.43. The average Bonchev–Trinajstić information content (AvgIpc) is 3.22. The van der Waals surface area contributed by atoms with E-state index in [0.29, 0.717) is 53.8 Å². The predicted octanol–water partition coefficient (Wildman–Crippen LogP) is 2.35. The molecule has 3 rings (SSSR count). The van der Waals surface area contributed by atoms with Crippen LogP contribution >= 0.6 is 0 Å². The standard InChI is InChI=1S/C31H42N2O7/c1-8-11-16-40-23-13-12-21(17-20(23)4)28(34)26-27(22-18-24(37-5)30(39-7)25(19-22)38-6)33(31(36)29(26)35)15-14-32(9-2)10-3/h12-13,17-19,27,34H,8-11,14-16H2,1-7H3. The molecule has 0 aliphatic carbocycles. The Balaban J connectivity index is 2.17. The van der Waals surface area contributed by atoms with Crippen molar-refractivity contribution in [3.63, 3.8) is 0 Å². The molecule has 2 aromatic rings. The summed E-state index contributed by atoms with van der Waals surface area (Å²) in [6, 6.07) is 7.59. The number of rotatable bonds is 14. The van der Waals surface area contributed by atoms with Crippen LogP contribution in [-0.4, -0.2) is 70.7 Å². The molecule has 1 amide bonds. The normalized spacial score (nSPS) is 16.5. The number of Topliss-reactive ketones (excluding diaryl/α,β-unsaturated/α-hetero) is 1. The van der Waals surface area contributed by atoms with Crippen molar-refractivity contribution in [2.24, 2.45) is 0 Å². The van der Waals surface area contributed by atoms with Gasteiger partial charge in [0, 0.05) is 5.57 Å². The Morgan fingerprint density at radius 1 is 0.950 bits per heavy atom. The summed E-state index contributed by atoms with van der Waals surface area (Å²) in [5.41, 5.74) is 1.55. The number of ether oxygens (including phenoxy) is 4. The Kier molecular flexibility index (Phi) is 10.8. The fourth-order valence-electron chi connectivity index (χ4n) is 5.02. The summed E-state index contributed by atoms with van der Waals surface area (Å²) < 4.78 is 22.4. The minimum absolute atomic E-state index is 0.0899. The van der Waals surface area contributed by atoms with Crippen molar-refractivity contribution < 1.29 is 38.5 Å². The van der Waals surface area contributed by atoms with Gasteiger partial charge in [0.2, 0.25) is 11.5 Å². The first-order chi connectivity index (χ1) is 19.3. The van der Waals surface area contributed by atoms with E-state index in [1.54, 1.807) is 30.3 Å². The highest BCUT2D eigenvalue weighted by Gasteiger charge is 2.45. The maximum absolute atomic E-state index is 14.0. The first kappa shape index (κ1) is 30.8. The number of carbonyl (C=O) groups excluding carboxylic acids is 2. The summed E-state index contributed by atoms with van der Waals surface area (Å²) in [7, 11) is 4.49. The van der Waals surface area contributed by atoms with Gasteiger partial charge in [0.05, 0.1) is 60.2 Å². The highest BCUT2D eigenvalue weighted by Crippen LogP contribution is 2.45. The van der Waals surface area contributed by atoms with Crippen LogP contribution < -0.4 is 29.0 Å². The molecule has 40 heavy (non-hydrogen) atoms. The number of amides is 1. The van der Waals surface area contributed by atoms with Crippen LogP contribution in [0, 0.1) is 6.92 Å². The summed E-state index contributed by atoms with van der Waals surface area (Å²) >= 11 is 0. The van der Waals surface area contributed by atoms with E-state index < -0.39 is 23.5 Å². The van der Waals surface area contributed by atoms with Crippen LogP contribution in [0.15, 0.2) is 35.9 Å². The lowest BCUT2D eigenvalue weighted by Gasteiger charge is -2.29. The van der Waals surface area contributed by atoms with Gasteiger partial charge in [0.1, 0.15) is 5.75 Å². The monoisotopic (exact) mass is 554 g/mol. The lowest BCUT2D eigenvalue weighted by Crippen LogP contribution is -3.12. The molecule has 1 fully saturated rings. The number of benzene rings is 2. The molecule has 1 heterocycles. The number of methoxy groups -OCH3 is 3. The second-order valence-electron chi connectivity index (χ2n) is 9.82. The molecule has 2 aromatic carbocycles. The van der Waals surface area contributed by atoms with Crippen molar-refractivity contribution in [1.29, 1.82) is 0 Å². The molecule has 0 spiro atoms. The summed E-state index contributed by atoms with van der Waals surface area (Å²) in [4.78, 5) is 29.7. The van der Waals surface area contributed by atoms with E-state index in [2.05, 4.69) is 20.8 Å². The second kappa shape index (κ2) is 14.1. The van der Waals surface area contributed by atoms with Crippen molar-refractivity contribution >= 4 is 17.4 Å². The summed E-state index contributed by atoms with van der Waals surface area (Å²) in [6.45, 7) is 11.4. The predicted molar refractivity (Wildman–Crippen MR) is 151 cm³/mol. The molecule has 218 valence electrons. The maximum atomic E-state index is 14.0. The average molecular weight is 555 g/mol. The van der Waals surface area contributed by atoms with Crippen molar-refractivity contribution in [1.82, 2.24) is 4.90 Å². The van der Waals surface area contributed by atoms with E-state index in [4.69, 9.17) is 18.9 Å². The van der Waals surface area contributed by atoms with Gasteiger partial charge in [-0.25, -0.2) is 0 Å². The smallest absolute Gasteiger partial charge is 0.295 e. The van der Waals surface area contributed by atoms with E-state index in [9.17, 15) is 14.7 Å². The molecule has 1 atom stereocenters. The van der Waals surface area contributed by atoms with E-state index in [1.165, 1.54) is 31.1 Å². The summed E-state index contributed by atoms with van der Waals surface area (Å²) in [5.74, 6) is -0.162. The third kappa shape index (κ3) is 6.36. The number of ketones is 1. The maximum Gasteiger partial charge on any atom is 0.295 e. The van der Waals surface area contributed by atoms with Gasteiger partial charge in [-0.1, -0.05) is 25.2 Å².